The van der Waals surface area contributed by atoms with Gasteiger partial charge in [0.05, 0.1) is 12.2 Å². The van der Waals surface area contributed by atoms with E-state index in [4.69, 9.17) is 14.2 Å². The van der Waals surface area contributed by atoms with E-state index in [1.54, 1.807) is 18.2 Å². The number of imide groups is 1. The number of hydrogen-bond donors (Lipinski definition) is 1. The van der Waals surface area contributed by atoms with E-state index in [-0.39, 0.29) is 17.5 Å². The number of benzene rings is 2. The maximum absolute atomic E-state index is 13.2. The van der Waals surface area contributed by atoms with Crippen LogP contribution in [-0.4, -0.2) is 43.1 Å². The molecule has 0 bridgehead atoms. The molecule has 0 radical (unpaired) electrons. The Labute approximate surface area is 188 Å². The number of nitrogens with one attached hydrogen (secondary N) is 1. The second-order valence-electron chi connectivity index (χ2n) is 8.22. The van der Waals surface area contributed by atoms with Crippen molar-refractivity contribution in [1.29, 1.82) is 0 Å². The molecule has 2 amide bonds. The van der Waals surface area contributed by atoms with Crippen molar-refractivity contribution in [1.82, 2.24) is 4.90 Å². The van der Waals surface area contributed by atoms with E-state index >= 15 is 0 Å². The third-order valence-corrected chi connectivity index (χ3v) is 5.15. The smallest absolute Gasteiger partial charge is 0.278 e. The lowest BCUT2D eigenvalue weighted by atomic mass is 10.0. The third kappa shape index (κ3) is 4.42. The second kappa shape index (κ2) is 9.34. The van der Waals surface area contributed by atoms with Crippen molar-refractivity contribution in [3.05, 3.63) is 53.7 Å². The average Bonchev–Trinajstić information content (AvgIpc) is 3.02. The first kappa shape index (κ1) is 21.7. The van der Waals surface area contributed by atoms with Crippen LogP contribution in [0, 0.1) is 5.92 Å². The SMILES string of the molecule is CCCN1C(=O)C(Nc2ccc3c(c2)OCCO3)=C(c2ccc(OCC(C)C)cc2)C1=O. The van der Waals surface area contributed by atoms with Crippen LogP contribution in [-0.2, 0) is 9.59 Å². The summed E-state index contributed by atoms with van der Waals surface area (Å²) in [6.07, 6.45) is 0.685. The molecule has 2 heterocycles. The molecule has 4 rings (SSSR count). The van der Waals surface area contributed by atoms with Crippen LogP contribution in [0.3, 0.4) is 0 Å². The number of nitrogens with zero attached hydrogens (tertiary/aromatic N) is 1. The minimum Gasteiger partial charge on any atom is -0.493 e. The van der Waals surface area contributed by atoms with Gasteiger partial charge in [0.2, 0.25) is 0 Å². The van der Waals surface area contributed by atoms with Gasteiger partial charge in [-0.15, -0.1) is 0 Å². The number of hydrogen-bond acceptors (Lipinski definition) is 6. The van der Waals surface area contributed by atoms with Crippen molar-refractivity contribution in [3.63, 3.8) is 0 Å². The molecule has 0 fully saturated rings. The van der Waals surface area contributed by atoms with Crippen LogP contribution in [0.25, 0.3) is 5.57 Å². The zero-order chi connectivity index (χ0) is 22.7. The molecule has 0 aliphatic carbocycles. The second-order valence-corrected chi connectivity index (χ2v) is 8.22. The Morgan fingerprint density at radius 2 is 1.72 bits per heavy atom. The van der Waals surface area contributed by atoms with Gasteiger partial charge in [0, 0.05) is 18.3 Å². The zero-order valence-electron chi connectivity index (χ0n) is 18.6. The lowest BCUT2D eigenvalue weighted by Crippen LogP contribution is -2.33. The van der Waals surface area contributed by atoms with E-state index in [9.17, 15) is 9.59 Å². The Bertz CT molecular complexity index is 1040. The summed E-state index contributed by atoms with van der Waals surface area (Å²) >= 11 is 0. The van der Waals surface area contributed by atoms with E-state index in [1.807, 2.05) is 31.2 Å². The average molecular weight is 437 g/mol. The predicted octanol–water partition coefficient (Wildman–Crippen LogP) is 4.09. The highest BCUT2D eigenvalue weighted by Gasteiger charge is 2.38. The lowest BCUT2D eigenvalue weighted by molar-refractivity contribution is -0.136. The summed E-state index contributed by atoms with van der Waals surface area (Å²) in [6, 6.07) is 12.7. The summed E-state index contributed by atoms with van der Waals surface area (Å²) in [5.74, 6) is 1.78. The largest absolute Gasteiger partial charge is 0.493 e. The van der Waals surface area contributed by atoms with E-state index in [1.165, 1.54) is 4.90 Å². The van der Waals surface area contributed by atoms with E-state index in [0.29, 0.717) is 67.0 Å². The number of ether oxygens (including phenoxy) is 3. The Morgan fingerprint density at radius 1 is 1.00 bits per heavy atom. The van der Waals surface area contributed by atoms with Crippen LogP contribution in [0.2, 0.25) is 0 Å². The standard InChI is InChI=1S/C25H28N2O5/c1-4-11-27-24(28)22(17-5-8-19(9-6-17)32-15-16(2)3)23(25(27)29)26-18-7-10-20-21(14-18)31-13-12-30-20/h5-10,14,16,26H,4,11-13,15H2,1-3H3. The molecule has 2 aliphatic rings. The van der Waals surface area contributed by atoms with Crippen LogP contribution < -0.4 is 19.5 Å². The molecule has 0 atom stereocenters. The number of anilines is 1. The third-order valence-electron chi connectivity index (χ3n) is 5.15. The number of carbonyl (C=O) groups is 2. The van der Waals surface area contributed by atoms with Gasteiger partial charge >= 0.3 is 0 Å². The summed E-state index contributed by atoms with van der Waals surface area (Å²) in [7, 11) is 0. The first-order valence-corrected chi connectivity index (χ1v) is 11.0. The molecule has 1 N–H and O–H groups in total. The van der Waals surface area contributed by atoms with Gasteiger partial charge in [0.1, 0.15) is 24.7 Å². The molecular weight excluding hydrogens is 408 g/mol. The van der Waals surface area contributed by atoms with Crippen molar-refractivity contribution in [2.75, 3.05) is 31.7 Å². The van der Waals surface area contributed by atoms with Crippen LogP contribution in [0.4, 0.5) is 5.69 Å². The number of amides is 2. The molecule has 32 heavy (non-hydrogen) atoms. The minimum absolute atomic E-state index is 0.260. The Hall–Kier alpha value is -3.48. The molecule has 0 saturated carbocycles. The topological polar surface area (TPSA) is 77.1 Å². The van der Waals surface area contributed by atoms with Crippen LogP contribution in [0.15, 0.2) is 48.2 Å². The predicted molar refractivity (Wildman–Crippen MR) is 122 cm³/mol. The maximum Gasteiger partial charge on any atom is 0.278 e. The van der Waals surface area contributed by atoms with Gasteiger partial charge in [-0.1, -0.05) is 32.9 Å². The van der Waals surface area contributed by atoms with E-state index in [0.717, 1.165) is 5.75 Å². The van der Waals surface area contributed by atoms with Gasteiger partial charge in [0.25, 0.3) is 11.8 Å². The normalized spacial score (nSPS) is 15.6. The Kier molecular flexibility index (Phi) is 6.35. The number of carbonyl (C=O) groups excluding carboxylic acids is 2. The molecule has 2 aromatic carbocycles. The number of fused-ring (bicyclic) bond motifs is 1. The quantitative estimate of drug-likeness (QED) is 0.628. The Morgan fingerprint density at radius 3 is 2.41 bits per heavy atom. The zero-order valence-corrected chi connectivity index (χ0v) is 18.6. The first-order valence-electron chi connectivity index (χ1n) is 11.0. The highest BCUT2D eigenvalue weighted by Crippen LogP contribution is 2.36. The summed E-state index contributed by atoms with van der Waals surface area (Å²) in [4.78, 5) is 27.6. The van der Waals surface area contributed by atoms with Crippen molar-refractivity contribution >= 4 is 23.1 Å². The molecule has 7 nitrogen and oxygen atoms in total. The highest BCUT2D eigenvalue weighted by atomic mass is 16.6. The lowest BCUT2D eigenvalue weighted by Gasteiger charge is -2.19. The van der Waals surface area contributed by atoms with Crippen LogP contribution in [0.5, 0.6) is 17.2 Å². The minimum atomic E-state index is -0.332. The molecule has 0 spiro atoms. The van der Waals surface area contributed by atoms with Gasteiger partial charge in [-0.3, -0.25) is 14.5 Å². The number of rotatable bonds is 8. The molecular formula is C25H28N2O5. The van der Waals surface area contributed by atoms with Crippen molar-refractivity contribution < 1.29 is 23.8 Å². The molecule has 0 aromatic heterocycles. The van der Waals surface area contributed by atoms with Crippen LogP contribution in [0.1, 0.15) is 32.8 Å². The molecule has 0 unspecified atom stereocenters. The van der Waals surface area contributed by atoms with Gasteiger partial charge in [0.15, 0.2) is 11.5 Å². The van der Waals surface area contributed by atoms with E-state index < -0.39 is 0 Å². The summed E-state index contributed by atoms with van der Waals surface area (Å²) in [5, 5.41) is 3.16. The maximum atomic E-state index is 13.2. The molecule has 168 valence electrons. The monoisotopic (exact) mass is 436 g/mol. The Balaban J connectivity index is 1.66. The van der Waals surface area contributed by atoms with Gasteiger partial charge < -0.3 is 19.5 Å². The van der Waals surface area contributed by atoms with Crippen molar-refractivity contribution in [3.8, 4) is 17.2 Å². The van der Waals surface area contributed by atoms with Gasteiger partial charge in [-0.05, 0) is 42.2 Å². The highest BCUT2D eigenvalue weighted by molar-refractivity contribution is 6.36. The summed E-state index contributed by atoms with van der Waals surface area (Å²) < 4.78 is 17.0. The fourth-order valence-electron chi connectivity index (χ4n) is 3.63. The van der Waals surface area contributed by atoms with Crippen LogP contribution >= 0.6 is 0 Å². The van der Waals surface area contributed by atoms with Gasteiger partial charge in [-0.25, -0.2) is 0 Å². The summed E-state index contributed by atoms with van der Waals surface area (Å²) in [6.45, 7) is 8.06. The fourth-order valence-corrected chi connectivity index (χ4v) is 3.63. The molecule has 2 aliphatic heterocycles. The molecule has 0 saturated heterocycles. The first-order chi connectivity index (χ1) is 15.5. The van der Waals surface area contributed by atoms with Crippen molar-refractivity contribution in [2.24, 2.45) is 5.92 Å². The molecule has 7 heteroatoms. The van der Waals surface area contributed by atoms with E-state index in [2.05, 4.69) is 19.2 Å². The summed E-state index contributed by atoms with van der Waals surface area (Å²) in [5.41, 5.74) is 1.93. The molecule has 2 aromatic rings. The fraction of sp³-hybridized carbons (Fsp3) is 0.360. The van der Waals surface area contributed by atoms with Crippen molar-refractivity contribution in [2.45, 2.75) is 27.2 Å². The van der Waals surface area contributed by atoms with Gasteiger partial charge in [-0.2, -0.15) is 0 Å².